The second-order valence-corrected chi connectivity index (χ2v) is 14.4. The molecule has 3 aromatic carbocycles. The molecule has 0 spiro atoms. The Labute approximate surface area is 301 Å². The van der Waals surface area contributed by atoms with E-state index in [9.17, 15) is 37.5 Å². The fourth-order valence-corrected chi connectivity index (χ4v) is 9.03. The van der Waals surface area contributed by atoms with Crippen LogP contribution >= 0.6 is 34.8 Å². The third-order valence-corrected chi connectivity index (χ3v) is 12.1. The number of carbonyl (C=O) groups is 4. The van der Waals surface area contributed by atoms with Crippen molar-refractivity contribution >= 4 is 69.8 Å². The highest BCUT2D eigenvalue weighted by Gasteiger charge is 2.77. The van der Waals surface area contributed by atoms with E-state index in [1.807, 2.05) is 0 Å². The number of aromatic hydroxyl groups is 1. The topological polar surface area (TPSA) is 104 Å². The lowest BCUT2D eigenvalue weighted by Gasteiger charge is -2.50. The van der Waals surface area contributed by atoms with Crippen LogP contribution in [0.3, 0.4) is 0 Å². The van der Waals surface area contributed by atoms with Gasteiger partial charge in [-0.15, -0.1) is 23.2 Å². The Balaban J connectivity index is 1.45. The van der Waals surface area contributed by atoms with E-state index in [4.69, 9.17) is 39.5 Å². The van der Waals surface area contributed by atoms with Gasteiger partial charge < -0.3 is 9.84 Å². The number of alkyl halides is 2. The Morgan fingerprint density at radius 3 is 2.16 bits per heavy atom. The summed E-state index contributed by atoms with van der Waals surface area (Å²) in [4.78, 5) is 52.0. The van der Waals surface area contributed by atoms with E-state index in [2.05, 4.69) is 0 Å². The highest BCUT2D eigenvalue weighted by molar-refractivity contribution is 6.58. The normalized spacial score (nSPS) is 28.5. The van der Waals surface area contributed by atoms with Crippen molar-refractivity contribution in [1.82, 2.24) is 0 Å². The van der Waals surface area contributed by atoms with E-state index in [-0.39, 0.29) is 45.5 Å². The summed E-state index contributed by atoms with van der Waals surface area (Å²) in [5.41, 5.74) is -1.03. The first-order valence-electron chi connectivity index (χ1n) is 15.6. The molecule has 16 heteroatoms. The summed E-state index contributed by atoms with van der Waals surface area (Å²) < 4.78 is 79.0. The lowest BCUT2D eigenvalue weighted by molar-refractivity contribution is -0.125. The summed E-state index contributed by atoms with van der Waals surface area (Å²) in [6, 6.07) is 8.70. The van der Waals surface area contributed by atoms with Crippen LogP contribution in [0.4, 0.5) is 33.3 Å². The zero-order chi connectivity index (χ0) is 37.1. The Hall–Kier alpha value is -4.20. The minimum absolute atomic E-state index is 0.0726. The number of fused-ring (bicyclic) bond motifs is 4. The number of amides is 4. The molecule has 1 saturated carbocycles. The summed E-state index contributed by atoms with van der Waals surface area (Å²) in [6.45, 7) is 3.42. The van der Waals surface area contributed by atoms with Gasteiger partial charge in [0.2, 0.25) is 17.6 Å². The summed E-state index contributed by atoms with van der Waals surface area (Å²) in [5, 5.41) is 11.7. The van der Waals surface area contributed by atoms with Gasteiger partial charge in [0, 0.05) is 16.5 Å². The molecule has 7 rings (SSSR count). The quantitative estimate of drug-likeness (QED) is 0.0735. The predicted octanol–water partition coefficient (Wildman–Crippen LogP) is 7.22. The zero-order valence-corrected chi connectivity index (χ0v) is 28.6. The van der Waals surface area contributed by atoms with Gasteiger partial charge in [-0.25, -0.2) is 31.8 Å². The minimum Gasteiger partial charge on any atom is -0.504 e. The van der Waals surface area contributed by atoms with Gasteiger partial charge in [0.25, 0.3) is 11.8 Å². The molecule has 4 aliphatic rings. The highest BCUT2D eigenvalue weighted by atomic mass is 35.5. The number of hydrogen-bond acceptors (Lipinski definition) is 6. The molecule has 6 atom stereocenters. The molecular weight excluding hydrogens is 746 g/mol. The molecule has 3 aromatic rings. The third-order valence-electron chi connectivity index (χ3n) is 10.3. The molecule has 266 valence electrons. The van der Waals surface area contributed by atoms with Crippen molar-refractivity contribution in [3.05, 3.63) is 93.3 Å². The number of phenols is 1. The van der Waals surface area contributed by atoms with E-state index in [1.54, 1.807) is 19.9 Å². The molecule has 2 saturated heterocycles. The van der Waals surface area contributed by atoms with Crippen LogP contribution in [0.1, 0.15) is 36.8 Å². The standard InChI is InChI=1S/C35H24Cl3F5N2O6/c1-3-51-20-6-4-5-17(29(20)46)22-15-9-10-16-21(31(48)44(30(16)47)14-8-7-13(2)19(36)11-14)18(15)12-34(37)32(49)45(33(50)35(22,34)38)28-26(42)24(40)23(39)25(41)27(28)43/h4-9,11,16,18,21-22,46H,3,10,12H2,1-2H3. The SMILES string of the molecule is CCOc1cccc(C2C3=CCC4C(=O)N(c5ccc(C)c(Cl)c5)C(=O)C4C3CC3(Cl)C(=O)N(c4c(F)c(F)c(F)c(F)c4F)C(=O)C23Cl)c1O. The van der Waals surface area contributed by atoms with Crippen LogP contribution in [0.2, 0.25) is 5.02 Å². The number of rotatable bonds is 5. The lowest BCUT2D eigenvalue weighted by Crippen LogP contribution is -2.60. The van der Waals surface area contributed by atoms with E-state index >= 15 is 8.78 Å². The van der Waals surface area contributed by atoms with Gasteiger partial charge in [-0.3, -0.25) is 19.2 Å². The molecule has 2 aliphatic heterocycles. The van der Waals surface area contributed by atoms with Gasteiger partial charge in [0.1, 0.15) is 5.69 Å². The molecule has 0 aromatic heterocycles. The maximum absolute atomic E-state index is 15.3. The Morgan fingerprint density at radius 2 is 1.53 bits per heavy atom. The highest BCUT2D eigenvalue weighted by Crippen LogP contribution is 2.67. The van der Waals surface area contributed by atoms with Gasteiger partial charge in [-0.05, 0) is 56.4 Å². The number of phenolic OH excluding ortho intramolecular Hbond substituents is 1. The Bertz CT molecular complexity index is 2120. The fraction of sp³-hybridized carbons (Fsp3) is 0.314. The Morgan fingerprint density at radius 1 is 0.882 bits per heavy atom. The number of nitrogens with zero attached hydrogens (tertiary/aromatic N) is 2. The predicted molar refractivity (Wildman–Crippen MR) is 174 cm³/mol. The number of ether oxygens (including phenoxy) is 1. The molecule has 0 radical (unpaired) electrons. The average molecular weight is 770 g/mol. The first-order valence-corrected chi connectivity index (χ1v) is 16.7. The van der Waals surface area contributed by atoms with Crippen LogP contribution in [0.15, 0.2) is 48.0 Å². The van der Waals surface area contributed by atoms with E-state index in [0.29, 0.717) is 5.56 Å². The smallest absolute Gasteiger partial charge is 0.258 e. The summed E-state index contributed by atoms with van der Waals surface area (Å²) in [6.07, 6.45) is 0.760. The van der Waals surface area contributed by atoms with Crippen LogP contribution in [-0.2, 0) is 19.2 Å². The van der Waals surface area contributed by atoms with Crippen LogP contribution in [-0.4, -0.2) is 45.1 Å². The van der Waals surface area contributed by atoms with Gasteiger partial charge in [-0.1, -0.05) is 41.4 Å². The molecule has 51 heavy (non-hydrogen) atoms. The van der Waals surface area contributed by atoms with Crippen molar-refractivity contribution in [2.24, 2.45) is 17.8 Å². The number of para-hydroxylation sites is 1. The minimum atomic E-state index is -2.79. The Kier molecular flexibility index (Phi) is 8.23. The van der Waals surface area contributed by atoms with Crippen LogP contribution < -0.4 is 14.5 Å². The second kappa shape index (κ2) is 11.9. The zero-order valence-electron chi connectivity index (χ0n) is 26.4. The van der Waals surface area contributed by atoms with Gasteiger partial charge in [0.15, 0.2) is 44.5 Å². The number of benzene rings is 3. The number of allylic oxidation sites excluding steroid dienone is 2. The fourth-order valence-electron chi connectivity index (χ4n) is 7.93. The van der Waals surface area contributed by atoms with Crippen LogP contribution in [0.25, 0.3) is 0 Å². The number of halogens is 8. The van der Waals surface area contributed by atoms with Crippen LogP contribution in [0.5, 0.6) is 11.5 Å². The van der Waals surface area contributed by atoms with Crippen LogP contribution in [0, 0.1) is 53.8 Å². The summed E-state index contributed by atoms with van der Waals surface area (Å²) in [7, 11) is 0. The van der Waals surface area contributed by atoms with Crippen molar-refractivity contribution in [2.45, 2.75) is 42.4 Å². The number of carbonyl (C=O) groups excluding carboxylic acids is 4. The lowest BCUT2D eigenvalue weighted by atomic mass is 9.56. The van der Waals surface area contributed by atoms with Gasteiger partial charge in [-0.2, -0.15) is 0 Å². The van der Waals surface area contributed by atoms with Crippen molar-refractivity contribution < 1.29 is 51.0 Å². The number of hydrogen-bond donors (Lipinski definition) is 1. The van der Waals surface area contributed by atoms with E-state index in [0.717, 1.165) is 4.90 Å². The first kappa shape index (κ1) is 35.2. The molecule has 2 heterocycles. The number of aryl methyl sites for hydroxylation is 1. The van der Waals surface area contributed by atoms with Crippen molar-refractivity contribution in [3.63, 3.8) is 0 Å². The average Bonchev–Trinajstić information content (AvgIpc) is 3.43. The van der Waals surface area contributed by atoms with Crippen molar-refractivity contribution in [3.8, 4) is 11.5 Å². The molecule has 6 unspecified atom stereocenters. The van der Waals surface area contributed by atoms with E-state index in [1.165, 1.54) is 36.4 Å². The molecule has 3 fully saturated rings. The number of anilines is 2. The van der Waals surface area contributed by atoms with E-state index < -0.39 is 104 Å². The van der Waals surface area contributed by atoms with Crippen molar-refractivity contribution in [2.75, 3.05) is 16.4 Å². The second-order valence-electron chi connectivity index (χ2n) is 12.8. The largest absolute Gasteiger partial charge is 0.504 e. The molecule has 2 aliphatic carbocycles. The maximum atomic E-state index is 15.3. The first-order chi connectivity index (χ1) is 24.0. The number of imide groups is 2. The monoisotopic (exact) mass is 768 g/mol. The molecular formula is C35H24Cl3F5N2O6. The molecule has 4 amide bonds. The molecule has 0 bridgehead atoms. The van der Waals surface area contributed by atoms with Crippen molar-refractivity contribution in [1.29, 1.82) is 0 Å². The van der Waals surface area contributed by atoms with Gasteiger partial charge >= 0.3 is 0 Å². The summed E-state index contributed by atoms with van der Waals surface area (Å²) >= 11 is 20.6. The molecule has 8 nitrogen and oxygen atoms in total. The molecule has 1 N–H and O–H groups in total. The summed E-state index contributed by atoms with van der Waals surface area (Å²) in [5.74, 6) is -22.7. The maximum Gasteiger partial charge on any atom is 0.258 e. The third kappa shape index (κ3) is 4.56. The van der Waals surface area contributed by atoms with Gasteiger partial charge in [0.05, 0.1) is 24.1 Å².